The van der Waals surface area contributed by atoms with Crippen molar-refractivity contribution in [1.82, 2.24) is 10.2 Å². The monoisotopic (exact) mass is 235 g/mol. The standard InChI is InChI=1S/C14H25N3/c1-2-17(14-6-4-3-5-7-14)11-13(10-15)16-12-8-9-12/h12-14,16H,2-9,11H2,1H3. The van der Waals surface area contributed by atoms with Crippen LogP contribution in [0.3, 0.4) is 0 Å². The van der Waals surface area contributed by atoms with Gasteiger partial charge in [-0.1, -0.05) is 26.2 Å². The van der Waals surface area contributed by atoms with Crippen molar-refractivity contribution in [2.75, 3.05) is 13.1 Å². The fourth-order valence-electron chi connectivity index (χ4n) is 2.88. The summed E-state index contributed by atoms with van der Waals surface area (Å²) in [6.45, 7) is 4.21. The van der Waals surface area contributed by atoms with Crippen molar-refractivity contribution >= 4 is 0 Å². The van der Waals surface area contributed by atoms with E-state index >= 15 is 0 Å². The summed E-state index contributed by atoms with van der Waals surface area (Å²) >= 11 is 0. The van der Waals surface area contributed by atoms with Crippen molar-refractivity contribution in [3.63, 3.8) is 0 Å². The van der Waals surface area contributed by atoms with E-state index in [2.05, 4.69) is 23.2 Å². The van der Waals surface area contributed by atoms with Crippen LogP contribution in [0.15, 0.2) is 0 Å². The molecule has 2 rings (SSSR count). The second-order valence-corrected chi connectivity index (χ2v) is 5.50. The molecule has 0 amide bonds. The van der Waals surface area contributed by atoms with Gasteiger partial charge >= 0.3 is 0 Å². The molecule has 1 N–H and O–H groups in total. The van der Waals surface area contributed by atoms with Crippen LogP contribution < -0.4 is 5.32 Å². The van der Waals surface area contributed by atoms with Gasteiger partial charge in [0, 0.05) is 18.6 Å². The van der Waals surface area contributed by atoms with E-state index in [1.54, 1.807) is 0 Å². The minimum atomic E-state index is 0.0318. The molecule has 0 aliphatic heterocycles. The van der Waals surface area contributed by atoms with Gasteiger partial charge < -0.3 is 0 Å². The lowest BCUT2D eigenvalue weighted by molar-refractivity contribution is 0.155. The van der Waals surface area contributed by atoms with Crippen molar-refractivity contribution < 1.29 is 0 Å². The SMILES string of the molecule is CCN(CC(C#N)NC1CC1)C1CCCCC1. The summed E-state index contributed by atoms with van der Waals surface area (Å²) in [5, 5.41) is 12.6. The Morgan fingerprint density at radius 1 is 1.24 bits per heavy atom. The second-order valence-electron chi connectivity index (χ2n) is 5.50. The highest BCUT2D eigenvalue weighted by atomic mass is 15.2. The van der Waals surface area contributed by atoms with Crippen molar-refractivity contribution in [2.24, 2.45) is 0 Å². The predicted molar refractivity (Wildman–Crippen MR) is 69.7 cm³/mol. The van der Waals surface area contributed by atoms with Gasteiger partial charge in [-0.2, -0.15) is 5.26 Å². The molecule has 96 valence electrons. The van der Waals surface area contributed by atoms with E-state index in [-0.39, 0.29) is 6.04 Å². The van der Waals surface area contributed by atoms with Crippen LogP contribution in [0.4, 0.5) is 0 Å². The molecular weight excluding hydrogens is 210 g/mol. The van der Waals surface area contributed by atoms with Gasteiger partial charge in [-0.05, 0) is 32.2 Å². The molecule has 0 aromatic heterocycles. The minimum absolute atomic E-state index is 0.0318. The number of nitrogens with one attached hydrogen (secondary N) is 1. The van der Waals surface area contributed by atoms with Gasteiger partial charge in [-0.3, -0.25) is 10.2 Å². The van der Waals surface area contributed by atoms with E-state index in [1.807, 2.05) is 0 Å². The molecule has 0 spiro atoms. The van der Waals surface area contributed by atoms with Crippen molar-refractivity contribution in [3.05, 3.63) is 0 Å². The lowest BCUT2D eigenvalue weighted by Gasteiger charge is -2.34. The Bertz CT molecular complexity index is 261. The zero-order valence-electron chi connectivity index (χ0n) is 11.0. The normalized spacial score (nSPS) is 23.6. The van der Waals surface area contributed by atoms with Gasteiger partial charge in [0.15, 0.2) is 0 Å². The lowest BCUT2D eigenvalue weighted by Crippen LogP contribution is -2.46. The number of nitrogens with zero attached hydrogens (tertiary/aromatic N) is 2. The first kappa shape index (κ1) is 12.9. The van der Waals surface area contributed by atoms with Crippen LogP contribution in [0, 0.1) is 11.3 Å². The Morgan fingerprint density at radius 2 is 1.94 bits per heavy atom. The fraction of sp³-hybridized carbons (Fsp3) is 0.929. The van der Waals surface area contributed by atoms with Crippen molar-refractivity contribution in [1.29, 1.82) is 5.26 Å². The summed E-state index contributed by atoms with van der Waals surface area (Å²) in [6, 6.07) is 3.81. The highest BCUT2D eigenvalue weighted by Gasteiger charge is 2.27. The molecule has 3 heteroatoms. The largest absolute Gasteiger partial charge is 0.298 e. The van der Waals surface area contributed by atoms with Crippen LogP contribution in [0.5, 0.6) is 0 Å². The molecule has 0 aromatic rings. The Morgan fingerprint density at radius 3 is 2.47 bits per heavy atom. The highest BCUT2D eigenvalue weighted by molar-refractivity contribution is 4.98. The third-order valence-electron chi connectivity index (χ3n) is 4.08. The maximum Gasteiger partial charge on any atom is 0.108 e. The molecule has 2 fully saturated rings. The average molecular weight is 235 g/mol. The van der Waals surface area contributed by atoms with Crippen LogP contribution in [0.2, 0.25) is 0 Å². The summed E-state index contributed by atoms with van der Waals surface area (Å²) in [4.78, 5) is 2.52. The number of rotatable bonds is 6. The predicted octanol–water partition coefficient (Wildman–Crippen LogP) is 2.29. The van der Waals surface area contributed by atoms with E-state index in [9.17, 15) is 5.26 Å². The van der Waals surface area contributed by atoms with Crippen LogP contribution in [-0.2, 0) is 0 Å². The first-order valence-corrected chi connectivity index (χ1v) is 7.23. The van der Waals surface area contributed by atoms with Gasteiger partial charge in [-0.25, -0.2) is 0 Å². The molecule has 17 heavy (non-hydrogen) atoms. The van der Waals surface area contributed by atoms with Crippen molar-refractivity contribution in [3.8, 4) is 6.07 Å². The van der Waals surface area contributed by atoms with E-state index in [4.69, 9.17) is 0 Å². The molecule has 0 aromatic carbocycles. The van der Waals surface area contributed by atoms with Gasteiger partial charge in [0.05, 0.1) is 6.07 Å². The zero-order chi connectivity index (χ0) is 12.1. The third kappa shape index (κ3) is 3.97. The Labute approximate surface area is 105 Å². The van der Waals surface area contributed by atoms with Crippen LogP contribution in [0.1, 0.15) is 51.9 Å². The molecule has 2 saturated carbocycles. The summed E-state index contributed by atoms with van der Waals surface area (Å²) in [7, 11) is 0. The van der Waals surface area contributed by atoms with Gasteiger partial charge in [0.1, 0.15) is 6.04 Å². The zero-order valence-corrected chi connectivity index (χ0v) is 11.0. The van der Waals surface area contributed by atoms with Crippen LogP contribution >= 0.6 is 0 Å². The lowest BCUT2D eigenvalue weighted by atomic mass is 9.94. The summed E-state index contributed by atoms with van der Waals surface area (Å²) in [6.07, 6.45) is 9.31. The smallest absolute Gasteiger partial charge is 0.108 e. The average Bonchev–Trinajstić information content (AvgIpc) is 3.19. The van der Waals surface area contributed by atoms with E-state index < -0.39 is 0 Å². The maximum absolute atomic E-state index is 9.21. The Kier molecular flexibility index (Phi) is 4.82. The highest BCUT2D eigenvalue weighted by Crippen LogP contribution is 2.23. The van der Waals surface area contributed by atoms with Gasteiger partial charge in [-0.15, -0.1) is 0 Å². The number of hydrogen-bond acceptors (Lipinski definition) is 3. The quantitative estimate of drug-likeness (QED) is 0.767. The van der Waals surface area contributed by atoms with E-state index in [1.165, 1.54) is 44.9 Å². The molecule has 3 nitrogen and oxygen atoms in total. The maximum atomic E-state index is 9.21. The summed E-state index contributed by atoms with van der Waals surface area (Å²) in [5.41, 5.74) is 0. The van der Waals surface area contributed by atoms with E-state index in [0.29, 0.717) is 6.04 Å². The molecule has 1 atom stereocenters. The van der Waals surface area contributed by atoms with Crippen LogP contribution in [-0.4, -0.2) is 36.1 Å². The van der Waals surface area contributed by atoms with E-state index in [0.717, 1.165) is 19.1 Å². The Balaban J connectivity index is 1.81. The van der Waals surface area contributed by atoms with Crippen molar-refractivity contribution in [2.45, 2.75) is 70.0 Å². The first-order valence-electron chi connectivity index (χ1n) is 7.23. The molecule has 0 heterocycles. The topological polar surface area (TPSA) is 39.1 Å². The first-order chi connectivity index (χ1) is 8.33. The second kappa shape index (κ2) is 6.37. The van der Waals surface area contributed by atoms with Gasteiger partial charge in [0.25, 0.3) is 0 Å². The molecule has 1 unspecified atom stereocenters. The Hall–Kier alpha value is -0.590. The number of likely N-dealkylation sites (N-methyl/N-ethyl adjacent to an activating group) is 1. The molecule has 2 aliphatic rings. The molecule has 0 bridgehead atoms. The summed E-state index contributed by atoms with van der Waals surface area (Å²) < 4.78 is 0. The minimum Gasteiger partial charge on any atom is -0.298 e. The third-order valence-corrected chi connectivity index (χ3v) is 4.08. The summed E-state index contributed by atoms with van der Waals surface area (Å²) in [5.74, 6) is 0. The van der Waals surface area contributed by atoms with Crippen LogP contribution in [0.25, 0.3) is 0 Å². The number of hydrogen-bond donors (Lipinski definition) is 1. The molecule has 0 radical (unpaired) electrons. The fourth-order valence-corrected chi connectivity index (χ4v) is 2.88. The molecule has 2 aliphatic carbocycles. The van der Waals surface area contributed by atoms with Gasteiger partial charge in [0.2, 0.25) is 0 Å². The number of nitriles is 1. The molecular formula is C14H25N3. The molecule has 0 saturated heterocycles.